The number of hydrogen-bond donors (Lipinski definition) is 1. The predicted molar refractivity (Wildman–Crippen MR) is 160 cm³/mol. The van der Waals surface area contributed by atoms with Gasteiger partial charge in [-0.2, -0.15) is 0 Å². The zero-order chi connectivity index (χ0) is 28.7. The van der Waals surface area contributed by atoms with Gasteiger partial charge in [0.2, 0.25) is 5.91 Å². The molecule has 2 aliphatic rings. The fraction of sp³-hybridized carbons (Fsp3) is 0.375. The van der Waals surface area contributed by atoms with Crippen LogP contribution >= 0.6 is 0 Å². The minimum atomic E-state index is -1.25. The number of piperidine rings is 1. The lowest BCUT2D eigenvalue weighted by Crippen LogP contribution is -2.40. The number of carbonyl (C=O) groups is 1. The summed E-state index contributed by atoms with van der Waals surface area (Å²) in [7, 11) is 2.46. The van der Waals surface area contributed by atoms with Gasteiger partial charge < -0.3 is 14.6 Å². The van der Waals surface area contributed by atoms with Crippen LogP contribution in [0.25, 0.3) is 22.3 Å². The van der Waals surface area contributed by atoms with Gasteiger partial charge in [-0.15, -0.1) is 0 Å². The van der Waals surface area contributed by atoms with Crippen molar-refractivity contribution in [3.05, 3.63) is 83.4 Å². The van der Waals surface area contributed by atoms with Crippen LogP contribution in [0.1, 0.15) is 47.9 Å². The van der Waals surface area contributed by atoms with Crippen molar-refractivity contribution in [2.75, 3.05) is 37.7 Å². The molecule has 214 valence electrons. The van der Waals surface area contributed by atoms with Crippen LogP contribution in [0, 0.1) is 11.7 Å². The Labute approximate surface area is 242 Å². The second-order valence-corrected chi connectivity index (χ2v) is 12.5. The number of anilines is 1. The maximum Gasteiger partial charge on any atom is 0.226 e. The van der Waals surface area contributed by atoms with Crippen molar-refractivity contribution in [1.29, 1.82) is 0 Å². The summed E-state index contributed by atoms with van der Waals surface area (Å²) in [6, 6.07) is 16.3. The van der Waals surface area contributed by atoms with E-state index in [1.165, 1.54) is 12.1 Å². The van der Waals surface area contributed by atoms with Crippen LogP contribution in [0.15, 0.2) is 65.2 Å². The molecule has 4 unspecified atom stereocenters. The first kappa shape index (κ1) is 27.6. The van der Waals surface area contributed by atoms with Crippen molar-refractivity contribution in [2.24, 2.45) is 5.92 Å². The Morgan fingerprint density at radius 2 is 2.02 bits per heavy atom. The molecule has 1 saturated carbocycles. The summed E-state index contributed by atoms with van der Waals surface area (Å²) in [5, 5.41) is 4.21. The number of pyridine rings is 1. The number of likely N-dealkylation sites (tertiary alicyclic amines) is 1. The highest BCUT2D eigenvalue weighted by atomic mass is 32.2. The fourth-order valence-corrected chi connectivity index (χ4v) is 6.62. The number of nitrogens with one attached hydrogen (secondary N) is 1. The molecule has 1 N–H and O–H groups in total. The number of rotatable bonds is 8. The number of fused-ring (bicyclic) bond motifs is 1. The van der Waals surface area contributed by atoms with E-state index in [9.17, 15) is 13.4 Å². The molecule has 0 radical (unpaired) electrons. The SMILES string of the molecule is CNCc1c(-c2ccc(F)cc2)oc2cc(N(C)S(C)=O)c(C3CCCN(C(=O)C4CC4c4ccccn4)C3)cc12. The standard InChI is InChI=1S/C32H35FN4O3S/c1-34-18-27-25-15-23(21-7-6-14-37(19-21)32(38)26-16-24(26)28-8-4-5-13-35-28)29(36(2)41(3)39)17-30(25)40-31(27)20-9-11-22(33)12-10-20/h4-5,8-13,15,17,21,24,26,34H,6-7,14,16,18-19H2,1-3H3. The molecule has 3 heterocycles. The number of amides is 1. The van der Waals surface area contributed by atoms with Gasteiger partial charge in [0.25, 0.3) is 0 Å². The summed E-state index contributed by atoms with van der Waals surface area (Å²) < 4.78 is 34.5. The molecule has 0 spiro atoms. The van der Waals surface area contributed by atoms with Crippen LogP contribution in [0.3, 0.4) is 0 Å². The van der Waals surface area contributed by atoms with E-state index in [1.54, 1.807) is 28.9 Å². The number of nitrogens with zero attached hydrogens (tertiary/aromatic N) is 3. The topological polar surface area (TPSA) is 78.7 Å². The molecule has 2 aromatic carbocycles. The number of halogens is 1. The Bertz CT molecular complexity index is 1590. The predicted octanol–water partition coefficient (Wildman–Crippen LogP) is 5.59. The normalized spacial score (nSPS) is 21.2. The Morgan fingerprint density at radius 1 is 1.22 bits per heavy atom. The van der Waals surface area contributed by atoms with Crippen molar-refractivity contribution < 1.29 is 17.8 Å². The van der Waals surface area contributed by atoms with Crippen LogP contribution in [-0.2, 0) is 22.3 Å². The minimum absolute atomic E-state index is 0.00853. The lowest BCUT2D eigenvalue weighted by atomic mass is 9.88. The van der Waals surface area contributed by atoms with E-state index in [0.717, 1.165) is 59.3 Å². The summed E-state index contributed by atoms with van der Waals surface area (Å²) in [5.41, 5.74) is 5.37. The zero-order valence-electron chi connectivity index (χ0n) is 23.6. The third-order valence-corrected chi connectivity index (χ3v) is 9.44. The van der Waals surface area contributed by atoms with E-state index < -0.39 is 11.0 Å². The highest BCUT2D eigenvalue weighted by Crippen LogP contribution is 2.48. The highest BCUT2D eigenvalue weighted by molar-refractivity contribution is 7.85. The summed E-state index contributed by atoms with van der Waals surface area (Å²) in [6.07, 6.45) is 6.14. The molecule has 1 saturated heterocycles. The van der Waals surface area contributed by atoms with E-state index >= 15 is 0 Å². The van der Waals surface area contributed by atoms with Gasteiger partial charge in [0, 0.05) is 85.2 Å². The number of carbonyl (C=O) groups excluding carboxylic acids is 1. The molecule has 1 aliphatic heterocycles. The van der Waals surface area contributed by atoms with E-state index in [1.807, 2.05) is 43.3 Å². The maximum absolute atomic E-state index is 13.7. The average Bonchev–Trinajstić information content (AvgIpc) is 3.73. The molecule has 4 atom stereocenters. The van der Waals surface area contributed by atoms with Gasteiger partial charge in [-0.25, -0.2) is 8.60 Å². The van der Waals surface area contributed by atoms with E-state index in [0.29, 0.717) is 24.4 Å². The second kappa shape index (κ2) is 11.4. The lowest BCUT2D eigenvalue weighted by Gasteiger charge is -2.35. The van der Waals surface area contributed by atoms with Crippen LogP contribution in [0.5, 0.6) is 0 Å². The largest absolute Gasteiger partial charge is 0.456 e. The minimum Gasteiger partial charge on any atom is -0.456 e. The number of hydrogen-bond acceptors (Lipinski definition) is 5. The van der Waals surface area contributed by atoms with Crippen molar-refractivity contribution in [3.8, 4) is 11.3 Å². The van der Waals surface area contributed by atoms with Gasteiger partial charge in [-0.1, -0.05) is 6.07 Å². The first-order valence-electron chi connectivity index (χ1n) is 14.1. The molecule has 2 fully saturated rings. The molecule has 41 heavy (non-hydrogen) atoms. The first-order chi connectivity index (χ1) is 19.9. The van der Waals surface area contributed by atoms with Crippen LogP contribution in [-0.4, -0.2) is 53.4 Å². The van der Waals surface area contributed by atoms with Gasteiger partial charge in [-0.05, 0) is 74.3 Å². The first-order valence-corrected chi connectivity index (χ1v) is 15.6. The molecule has 4 aromatic rings. The summed E-state index contributed by atoms with van der Waals surface area (Å²) in [5.74, 6) is 0.878. The summed E-state index contributed by atoms with van der Waals surface area (Å²) >= 11 is 0. The highest BCUT2D eigenvalue weighted by Gasteiger charge is 2.47. The molecule has 0 bridgehead atoms. The lowest BCUT2D eigenvalue weighted by molar-refractivity contribution is -0.133. The Morgan fingerprint density at radius 3 is 2.73 bits per heavy atom. The Balaban J connectivity index is 1.36. The van der Waals surface area contributed by atoms with Crippen LogP contribution < -0.4 is 9.62 Å². The van der Waals surface area contributed by atoms with Gasteiger partial charge >= 0.3 is 0 Å². The second-order valence-electron chi connectivity index (χ2n) is 11.1. The van der Waals surface area contributed by atoms with Crippen molar-refractivity contribution >= 4 is 33.5 Å². The fourth-order valence-electron chi connectivity index (χ4n) is 6.18. The number of benzene rings is 2. The van der Waals surface area contributed by atoms with Gasteiger partial charge in [0.15, 0.2) is 0 Å². The van der Waals surface area contributed by atoms with Gasteiger partial charge in [-0.3, -0.25) is 14.1 Å². The van der Waals surface area contributed by atoms with Gasteiger partial charge in [0.05, 0.1) is 5.69 Å². The molecule has 2 aromatic heterocycles. The smallest absolute Gasteiger partial charge is 0.226 e. The third kappa shape index (κ3) is 5.40. The van der Waals surface area contributed by atoms with Crippen molar-refractivity contribution in [1.82, 2.24) is 15.2 Å². The van der Waals surface area contributed by atoms with Crippen molar-refractivity contribution in [2.45, 2.75) is 37.6 Å². The molecule has 1 amide bonds. The summed E-state index contributed by atoms with van der Waals surface area (Å²) in [4.78, 5) is 20.1. The Kier molecular flexibility index (Phi) is 7.66. The molecular weight excluding hydrogens is 539 g/mol. The summed E-state index contributed by atoms with van der Waals surface area (Å²) in [6.45, 7) is 1.94. The number of aromatic nitrogens is 1. The van der Waals surface area contributed by atoms with E-state index in [2.05, 4.69) is 16.4 Å². The molecule has 9 heteroatoms. The molecule has 7 nitrogen and oxygen atoms in total. The van der Waals surface area contributed by atoms with Crippen molar-refractivity contribution in [3.63, 3.8) is 0 Å². The van der Waals surface area contributed by atoms with E-state index in [-0.39, 0.29) is 29.5 Å². The van der Waals surface area contributed by atoms with Gasteiger partial charge in [0.1, 0.15) is 28.1 Å². The third-order valence-electron chi connectivity index (χ3n) is 8.47. The monoisotopic (exact) mass is 574 g/mol. The molecule has 6 rings (SSSR count). The van der Waals surface area contributed by atoms with Crippen LogP contribution in [0.2, 0.25) is 0 Å². The van der Waals surface area contributed by atoms with E-state index in [4.69, 9.17) is 4.42 Å². The Hall–Kier alpha value is -3.56. The van der Waals surface area contributed by atoms with Crippen LogP contribution in [0.4, 0.5) is 10.1 Å². The molecular formula is C32H35FN4O3S. The number of furan rings is 1. The molecule has 1 aliphatic carbocycles. The zero-order valence-corrected chi connectivity index (χ0v) is 24.4. The average molecular weight is 575 g/mol. The quantitative estimate of drug-likeness (QED) is 0.297. The maximum atomic E-state index is 13.7.